The summed E-state index contributed by atoms with van der Waals surface area (Å²) in [4.78, 5) is 0. The van der Waals surface area contributed by atoms with E-state index in [1.54, 1.807) is 0 Å². The van der Waals surface area contributed by atoms with Crippen molar-refractivity contribution >= 4 is 0 Å². The molecule has 150 valence electrons. The van der Waals surface area contributed by atoms with Crippen LogP contribution in [0.15, 0.2) is 24.3 Å². The van der Waals surface area contributed by atoms with Crippen molar-refractivity contribution in [3.8, 4) is 11.5 Å². The van der Waals surface area contributed by atoms with Gasteiger partial charge in [-0.2, -0.15) is 0 Å². The van der Waals surface area contributed by atoms with E-state index in [1.165, 1.54) is 51.4 Å². The molecule has 0 bridgehead atoms. The molecule has 0 aliphatic rings. The number of benzene rings is 1. The first-order valence-electron chi connectivity index (χ1n) is 11.2. The van der Waals surface area contributed by atoms with E-state index in [1.807, 2.05) is 0 Å². The first-order chi connectivity index (χ1) is 12.7. The van der Waals surface area contributed by atoms with Gasteiger partial charge in [-0.05, 0) is 62.8 Å². The molecule has 0 amide bonds. The first-order valence-corrected chi connectivity index (χ1v) is 11.2. The molecule has 0 radical (unpaired) electrons. The van der Waals surface area contributed by atoms with Gasteiger partial charge >= 0.3 is 0 Å². The molecule has 0 aliphatic heterocycles. The standard InChI is InChI=1S/C24H42O2/c1-5-9-11-13-15-21(7-3)25-23-17-19-24(20-18-23)26-22(8-4)16-14-12-10-6-2/h17-22H,5-16H2,1-4H3. The molecule has 0 aliphatic carbocycles. The van der Waals surface area contributed by atoms with E-state index in [9.17, 15) is 0 Å². The molecule has 0 N–H and O–H groups in total. The lowest BCUT2D eigenvalue weighted by Crippen LogP contribution is -2.16. The number of hydrogen-bond donors (Lipinski definition) is 0. The molecule has 0 spiro atoms. The van der Waals surface area contributed by atoms with Gasteiger partial charge in [-0.15, -0.1) is 0 Å². The fraction of sp³-hybridized carbons (Fsp3) is 0.750. The SMILES string of the molecule is CCCCCCC(CC)Oc1ccc(OC(CC)CCCCCC)cc1. The third-order valence-corrected chi connectivity index (χ3v) is 5.10. The van der Waals surface area contributed by atoms with Crippen molar-refractivity contribution in [3.05, 3.63) is 24.3 Å². The fourth-order valence-corrected chi connectivity index (χ4v) is 3.27. The summed E-state index contributed by atoms with van der Waals surface area (Å²) in [7, 11) is 0. The lowest BCUT2D eigenvalue weighted by molar-refractivity contribution is 0.177. The second kappa shape index (κ2) is 14.9. The van der Waals surface area contributed by atoms with E-state index in [0.29, 0.717) is 12.2 Å². The predicted molar refractivity (Wildman–Crippen MR) is 113 cm³/mol. The third-order valence-electron chi connectivity index (χ3n) is 5.10. The highest BCUT2D eigenvalue weighted by atomic mass is 16.5. The van der Waals surface area contributed by atoms with Crippen LogP contribution in [0.2, 0.25) is 0 Å². The van der Waals surface area contributed by atoms with Crippen molar-refractivity contribution in [2.45, 2.75) is 117 Å². The van der Waals surface area contributed by atoms with Gasteiger partial charge in [-0.25, -0.2) is 0 Å². The Kier molecular flexibility index (Phi) is 13.1. The maximum Gasteiger partial charge on any atom is 0.119 e. The Morgan fingerprint density at radius 1 is 0.577 bits per heavy atom. The summed E-state index contributed by atoms with van der Waals surface area (Å²) < 4.78 is 12.3. The Hall–Kier alpha value is -1.18. The van der Waals surface area contributed by atoms with Crippen LogP contribution in [-0.2, 0) is 0 Å². The fourth-order valence-electron chi connectivity index (χ4n) is 3.27. The maximum atomic E-state index is 6.17. The minimum absolute atomic E-state index is 0.334. The van der Waals surface area contributed by atoms with Crippen LogP contribution in [0.4, 0.5) is 0 Å². The molecule has 1 aromatic carbocycles. The number of unbranched alkanes of at least 4 members (excludes halogenated alkanes) is 6. The third kappa shape index (κ3) is 10.1. The molecule has 0 saturated carbocycles. The van der Waals surface area contributed by atoms with E-state index in [0.717, 1.165) is 37.2 Å². The van der Waals surface area contributed by atoms with E-state index < -0.39 is 0 Å². The highest BCUT2D eigenvalue weighted by molar-refractivity contribution is 5.31. The summed E-state index contributed by atoms with van der Waals surface area (Å²) in [5, 5.41) is 0. The van der Waals surface area contributed by atoms with E-state index in [2.05, 4.69) is 52.0 Å². The van der Waals surface area contributed by atoms with Gasteiger partial charge in [0, 0.05) is 0 Å². The quantitative estimate of drug-likeness (QED) is 0.278. The van der Waals surface area contributed by atoms with Crippen molar-refractivity contribution in [2.24, 2.45) is 0 Å². The average molecular weight is 363 g/mol. The summed E-state index contributed by atoms with van der Waals surface area (Å²) in [6, 6.07) is 8.25. The zero-order valence-electron chi connectivity index (χ0n) is 17.8. The lowest BCUT2D eigenvalue weighted by atomic mass is 10.1. The Morgan fingerprint density at radius 3 is 1.27 bits per heavy atom. The van der Waals surface area contributed by atoms with Crippen molar-refractivity contribution in [3.63, 3.8) is 0 Å². The molecule has 2 heteroatoms. The molecule has 1 rings (SSSR count). The van der Waals surface area contributed by atoms with Gasteiger partial charge in [-0.3, -0.25) is 0 Å². The molecular weight excluding hydrogens is 320 g/mol. The van der Waals surface area contributed by atoms with Crippen LogP contribution in [0.1, 0.15) is 105 Å². The number of rotatable bonds is 16. The summed E-state index contributed by atoms with van der Waals surface area (Å²) in [6.45, 7) is 8.94. The first kappa shape index (κ1) is 22.9. The second-order valence-electron chi connectivity index (χ2n) is 7.47. The van der Waals surface area contributed by atoms with E-state index in [4.69, 9.17) is 9.47 Å². The van der Waals surface area contributed by atoms with Crippen LogP contribution in [0, 0.1) is 0 Å². The molecule has 0 fully saturated rings. The van der Waals surface area contributed by atoms with Gasteiger partial charge in [0.2, 0.25) is 0 Å². The zero-order valence-corrected chi connectivity index (χ0v) is 17.8. The largest absolute Gasteiger partial charge is 0.490 e. The molecule has 0 heterocycles. The monoisotopic (exact) mass is 362 g/mol. The van der Waals surface area contributed by atoms with Crippen molar-refractivity contribution in [1.29, 1.82) is 0 Å². The second-order valence-corrected chi connectivity index (χ2v) is 7.47. The molecule has 2 atom stereocenters. The van der Waals surface area contributed by atoms with Gasteiger partial charge in [0.05, 0.1) is 12.2 Å². The zero-order chi connectivity index (χ0) is 19.0. The molecule has 0 aromatic heterocycles. The number of hydrogen-bond acceptors (Lipinski definition) is 2. The van der Waals surface area contributed by atoms with Gasteiger partial charge in [0.15, 0.2) is 0 Å². The van der Waals surface area contributed by atoms with Crippen LogP contribution < -0.4 is 9.47 Å². The van der Waals surface area contributed by atoms with E-state index >= 15 is 0 Å². The average Bonchev–Trinajstić information content (AvgIpc) is 2.67. The minimum atomic E-state index is 0.334. The summed E-state index contributed by atoms with van der Waals surface area (Å²) in [5.74, 6) is 1.94. The van der Waals surface area contributed by atoms with Crippen molar-refractivity contribution < 1.29 is 9.47 Å². The summed E-state index contributed by atoms with van der Waals surface area (Å²) >= 11 is 0. The molecule has 2 unspecified atom stereocenters. The highest BCUT2D eigenvalue weighted by Gasteiger charge is 2.10. The molecule has 26 heavy (non-hydrogen) atoms. The van der Waals surface area contributed by atoms with E-state index in [-0.39, 0.29) is 0 Å². The van der Waals surface area contributed by atoms with Crippen LogP contribution in [0.5, 0.6) is 11.5 Å². The Bertz CT molecular complexity index is 385. The summed E-state index contributed by atoms with van der Waals surface area (Å²) in [6.07, 6.45) is 15.5. The van der Waals surface area contributed by atoms with Crippen LogP contribution in [0.25, 0.3) is 0 Å². The minimum Gasteiger partial charge on any atom is -0.490 e. The molecule has 1 aromatic rings. The highest BCUT2D eigenvalue weighted by Crippen LogP contribution is 2.23. The lowest BCUT2D eigenvalue weighted by Gasteiger charge is -2.19. The van der Waals surface area contributed by atoms with Gasteiger partial charge in [0.25, 0.3) is 0 Å². The molecule has 2 nitrogen and oxygen atoms in total. The summed E-state index contributed by atoms with van der Waals surface area (Å²) in [5.41, 5.74) is 0. The number of ether oxygens (including phenoxy) is 2. The predicted octanol–water partition coefficient (Wildman–Crippen LogP) is 7.94. The Labute approximate surface area is 162 Å². The van der Waals surface area contributed by atoms with Gasteiger partial charge in [-0.1, -0.05) is 66.2 Å². The molecular formula is C24H42O2. The van der Waals surface area contributed by atoms with Crippen LogP contribution in [0.3, 0.4) is 0 Å². The maximum absolute atomic E-state index is 6.17. The normalized spacial score (nSPS) is 13.4. The van der Waals surface area contributed by atoms with Gasteiger partial charge < -0.3 is 9.47 Å². The Balaban J connectivity index is 2.40. The van der Waals surface area contributed by atoms with Crippen LogP contribution in [-0.4, -0.2) is 12.2 Å². The van der Waals surface area contributed by atoms with Crippen molar-refractivity contribution in [2.75, 3.05) is 0 Å². The molecule has 0 saturated heterocycles. The van der Waals surface area contributed by atoms with Crippen molar-refractivity contribution in [1.82, 2.24) is 0 Å². The topological polar surface area (TPSA) is 18.5 Å². The van der Waals surface area contributed by atoms with Gasteiger partial charge in [0.1, 0.15) is 11.5 Å². The Morgan fingerprint density at radius 2 is 0.962 bits per heavy atom. The smallest absolute Gasteiger partial charge is 0.119 e. The van der Waals surface area contributed by atoms with Crippen LogP contribution >= 0.6 is 0 Å².